The van der Waals surface area contributed by atoms with Crippen LogP contribution in [0.15, 0.2) is 18.2 Å². The Hall–Kier alpha value is -2.03. The lowest BCUT2D eigenvalue weighted by atomic mass is 10.2. The van der Waals surface area contributed by atoms with E-state index in [1.165, 1.54) is 0 Å². The largest absolute Gasteiger partial charge is 0.491 e. The number of benzene rings is 1. The van der Waals surface area contributed by atoms with Crippen LogP contribution in [0.3, 0.4) is 0 Å². The maximum absolute atomic E-state index is 12.0. The van der Waals surface area contributed by atoms with Crippen molar-refractivity contribution in [2.75, 3.05) is 26.5 Å². The summed E-state index contributed by atoms with van der Waals surface area (Å²) in [5.74, 6) is 1.62. The zero-order valence-electron chi connectivity index (χ0n) is 13.3. The summed E-state index contributed by atoms with van der Waals surface area (Å²) in [6.45, 7) is 0.755. The Bertz CT molecular complexity index is 582. The fraction of sp³-hybridized carbons (Fsp3) is 0.562. The Kier molecular flexibility index (Phi) is 5.39. The Morgan fingerprint density at radius 3 is 3.00 bits per heavy atom. The molecule has 1 saturated heterocycles. The SMILES string of the molecule is NC[C@H]1CC[C@@H](C(=O)NCC(O)COc2ccc3c(c2)OCO3)O1. The highest BCUT2D eigenvalue weighted by Crippen LogP contribution is 2.35. The molecule has 4 N–H and O–H groups in total. The standard InChI is InChI=1S/C16H22N2O6/c17-6-12-2-4-14(24-12)16(20)18-7-10(19)8-21-11-1-3-13-15(5-11)23-9-22-13/h1,3,5,10,12,14,19H,2,4,6-9,17H2,(H,18,20)/t10?,12-,14+/m1/s1. The molecule has 1 fully saturated rings. The third-order valence-electron chi connectivity index (χ3n) is 3.96. The molecule has 1 aromatic carbocycles. The van der Waals surface area contributed by atoms with Gasteiger partial charge < -0.3 is 35.1 Å². The van der Waals surface area contributed by atoms with E-state index in [1.54, 1.807) is 18.2 Å². The van der Waals surface area contributed by atoms with E-state index in [-0.39, 0.29) is 32.0 Å². The molecule has 2 aliphatic heterocycles. The number of hydrogen-bond acceptors (Lipinski definition) is 7. The highest BCUT2D eigenvalue weighted by molar-refractivity contribution is 5.81. The third kappa shape index (κ3) is 4.08. The molecule has 1 amide bonds. The molecule has 0 aliphatic carbocycles. The molecule has 8 heteroatoms. The third-order valence-corrected chi connectivity index (χ3v) is 3.96. The average Bonchev–Trinajstić information content (AvgIpc) is 3.26. The van der Waals surface area contributed by atoms with Crippen LogP contribution in [0.1, 0.15) is 12.8 Å². The molecule has 132 valence electrons. The number of nitrogens with two attached hydrogens (primary N) is 1. The molecule has 1 unspecified atom stereocenters. The number of fused-ring (bicyclic) bond motifs is 1. The summed E-state index contributed by atoms with van der Waals surface area (Å²) in [7, 11) is 0. The topological polar surface area (TPSA) is 112 Å². The van der Waals surface area contributed by atoms with Gasteiger partial charge in [0.15, 0.2) is 11.5 Å². The second kappa shape index (κ2) is 7.69. The van der Waals surface area contributed by atoms with Crippen LogP contribution in [-0.4, -0.2) is 55.8 Å². The fourth-order valence-electron chi connectivity index (χ4n) is 2.62. The van der Waals surface area contributed by atoms with Crippen LogP contribution in [0.25, 0.3) is 0 Å². The summed E-state index contributed by atoms with van der Waals surface area (Å²) >= 11 is 0. The molecule has 8 nitrogen and oxygen atoms in total. The lowest BCUT2D eigenvalue weighted by molar-refractivity contribution is -0.132. The Labute approximate surface area is 139 Å². The summed E-state index contributed by atoms with van der Waals surface area (Å²) in [5.41, 5.74) is 5.52. The molecule has 2 heterocycles. The van der Waals surface area contributed by atoms with Crippen molar-refractivity contribution >= 4 is 5.91 Å². The van der Waals surface area contributed by atoms with E-state index < -0.39 is 12.2 Å². The number of nitrogens with one attached hydrogen (secondary N) is 1. The normalized spacial score (nSPS) is 23.1. The first-order valence-electron chi connectivity index (χ1n) is 7.99. The van der Waals surface area contributed by atoms with Crippen LogP contribution in [0, 0.1) is 0 Å². The maximum Gasteiger partial charge on any atom is 0.249 e. The number of hydrogen-bond donors (Lipinski definition) is 3. The van der Waals surface area contributed by atoms with Gasteiger partial charge in [0.1, 0.15) is 24.6 Å². The molecular formula is C16H22N2O6. The second-order valence-electron chi connectivity index (χ2n) is 5.78. The van der Waals surface area contributed by atoms with Crippen molar-refractivity contribution in [1.29, 1.82) is 0 Å². The molecule has 2 aliphatic rings. The number of aliphatic hydroxyl groups is 1. The van der Waals surface area contributed by atoms with Crippen LogP contribution >= 0.6 is 0 Å². The lowest BCUT2D eigenvalue weighted by Crippen LogP contribution is -2.41. The predicted octanol–water partition coefficient (Wildman–Crippen LogP) is -0.223. The van der Waals surface area contributed by atoms with E-state index in [4.69, 9.17) is 24.7 Å². The molecule has 0 aromatic heterocycles. The van der Waals surface area contributed by atoms with Gasteiger partial charge in [-0.1, -0.05) is 0 Å². The van der Waals surface area contributed by atoms with Gasteiger partial charge in [0, 0.05) is 19.2 Å². The highest BCUT2D eigenvalue weighted by Gasteiger charge is 2.29. The van der Waals surface area contributed by atoms with Gasteiger partial charge in [-0.2, -0.15) is 0 Å². The number of rotatable bonds is 7. The first-order valence-corrected chi connectivity index (χ1v) is 7.99. The minimum Gasteiger partial charge on any atom is -0.491 e. The van der Waals surface area contributed by atoms with Gasteiger partial charge in [-0.05, 0) is 25.0 Å². The highest BCUT2D eigenvalue weighted by atomic mass is 16.7. The van der Waals surface area contributed by atoms with Gasteiger partial charge in [-0.25, -0.2) is 0 Å². The average molecular weight is 338 g/mol. The van der Waals surface area contributed by atoms with E-state index in [2.05, 4.69) is 5.32 Å². The summed E-state index contributed by atoms with van der Waals surface area (Å²) in [4.78, 5) is 12.0. The summed E-state index contributed by atoms with van der Waals surface area (Å²) in [6, 6.07) is 5.18. The predicted molar refractivity (Wildman–Crippen MR) is 84.0 cm³/mol. The van der Waals surface area contributed by atoms with E-state index in [0.717, 1.165) is 6.42 Å². The van der Waals surface area contributed by atoms with E-state index in [9.17, 15) is 9.90 Å². The van der Waals surface area contributed by atoms with Crippen molar-refractivity contribution in [2.24, 2.45) is 5.73 Å². The smallest absolute Gasteiger partial charge is 0.249 e. The zero-order chi connectivity index (χ0) is 16.9. The van der Waals surface area contributed by atoms with Crippen LogP contribution in [0.2, 0.25) is 0 Å². The van der Waals surface area contributed by atoms with E-state index >= 15 is 0 Å². The van der Waals surface area contributed by atoms with Crippen molar-refractivity contribution in [3.05, 3.63) is 18.2 Å². The Morgan fingerprint density at radius 2 is 2.21 bits per heavy atom. The number of aliphatic hydroxyl groups excluding tert-OH is 1. The molecule has 24 heavy (non-hydrogen) atoms. The van der Waals surface area contributed by atoms with Crippen LogP contribution in [-0.2, 0) is 9.53 Å². The van der Waals surface area contributed by atoms with E-state index in [1.807, 2.05) is 0 Å². The second-order valence-corrected chi connectivity index (χ2v) is 5.78. The molecule has 1 aromatic rings. The van der Waals surface area contributed by atoms with Gasteiger partial charge in [-0.3, -0.25) is 4.79 Å². The maximum atomic E-state index is 12.0. The van der Waals surface area contributed by atoms with Crippen molar-refractivity contribution in [3.8, 4) is 17.2 Å². The van der Waals surface area contributed by atoms with Crippen molar-refractivity contribution in [1.82, 2.24) is 5.32 Å². The number of carbonyl (C=O) groups excluding carboxylic acids is 1. The lowest BCUT2D eigenvalue weighted by Gasteiger charge is -2.16. The first kappa shape index (κ1) is 16.8. The van der Waals surface area contributed by atoms with Crippen LogP contribution in [0.5, 0.6) is 17.2 Å². The first-order chi connectivity index (χ1) is 11.7. The number of amides is 1. The Morgan fingerprint density at radius 1 is 1.38 bits per heavy atom. The summed E-state index contributed by atoms with van der Waals surface area (Å²) in [5, 5.41) is 12.6. The number of ether oxygens (including phenoxy) is 4. The quantitative estimate of drug-likeness (QED) is 0.630. The van der Waals surface area contributed by atoms with Crippen molar-refractivity contribution < 1.29 is 28.8 Å². The van der Waals surface area contributed by atoms with Gasteiger partial charge in [0.25, 0.3) is 0 Å². The van der Waals surface area contributed by atoms with Gasteiger partial charge >= 0.3 is 0 Å². The fourth-order valence-corrected chi connectivity index (χ4v) is 2.62. The van der Waals surface area contributed by atoms with Gasteiger partial charge in [0.05, 0.1) is 6.10 Å². The van der Waals surface area contributed by atoms with Crippen molar-refractivity contribution in [3.63, 3.8) is 0 Å². The number of carbonyl (C=O) groups is 1. The van der Waals surface area contributed by atoms with Crippen LogP contribution in [0.4, 0.5) is 0 Å². The minimum atomic E-state index is -0.828. The molecule has 3 rings (SSSR count). The molecular weight excluding hydrogens is 316 g/mol. The zero-order valence-corrected chi connectivity index (χ0v) is 13.3. The molecule has 0 saturated carbocycles. The minimum absolute atomic E-state index is 0.0525. The molecule has 0 bridgehead atoms. The summed E-state index contributed by atoms with van der Waals surface area (Å²) in [6.07, 6.45) is 0.0635. The van der Waals surface area contributed by atoms with Crippen LogP contribution < -0.4 is 25.3 Å². The Balaban J connectivity index is 1.38. The summed E-state index contributed by atoms with van der Waals surface area (Å²) < 4.78 is 21.5. The van der Waals surface area contributed by atoms with Gasteiger partial charge in [0.2, 0.25) is 12.7 Å². The van der Waals surface area contributed by atoms with Crippen molar-refractivity contribution in [2.45, 2.75) is 31.2 Å². The molecule has 3 atom stereocenters. The van der Waals surface area contributed by atoms with E-state index in [0.29, 0.717) is 30.2 Å². The van der Waals surface area contributed by atoms with Gasteiger partial charge in [-0.15, -0.1) is 0 Å². The molecule has 0 radical (unpaired) electrons. The monoisotopic (exact) mass is 338 g/mol. The molecule has 0 spiro atoms.